The molecule has 2 unspecified atom stereocenters. The van der Waals surface area contributed by atoms with E-state index in [2.05, 4.69) is 39.5 Å². The fraction of sp³-hybridized carbons (Fsp3) is 0.947. The van der Waals surface area contributed by atoms with E-state index in [-0.39, 0.29) is 24.0 Å². The minimum Gasteiger partial charge on any atom is -0.465 e. The summed E-state index contributed by atoms with van der Waals surface area (Å²) in [7, 11) is 4.06. The molecule has 2 atom stereocenters. The molecule has 0 aliphatic heterocycles. The number of hydrogen-bond donors (Lipinski definition) is 0. The third-order valence-electron chi connectivity index (χ3n) is 13.7. The predicted molar refractivity (Wildman–Crippen MR) is 274 cm³/mol. The van der Waals surface area contributed by atoms with Crippen LogP contribution in [0.3, 0.4) is 0 Å². The summed E-state index contributed by atoms with van der Waals surface area (Å²) in [6.07, 6.45) is 43.8. The molecular formula is C57H111NO6. The molecule has 0 saturated carbocycles. The summed E-state index contributed by atoms with van der Waals surface area (Å²) < 4.78 is 17.9. The Bertz CT molecular complexity index is 1070. The summed E-state index contributed by atoms with van der Waals surface area (Å²) >= 11 is 0. The molecule has 7 nitrogen and oxygen atoms in total. The highest BCUT2D eigenvalue weighted by Gasteiger charge is 2.30. The SMILES string of the molecule is CCCCCCCCCCCCOC(=O)C(C)(C)CCCCCC(CCCCCC(C)(C)C(=O)OCC(CCCCCCCC)CCCCCCCCCC)OC(=O)CCCN(C)C. The van der Waals surface area contributed by atoms with Crippen LogP contribution in [0.5, 0.6) is 0 Å². The average Bonchev–Trinajstić information content (AvgIpc) is 3.25. The van der Waals surface area contributed by atoms with Crippen molar-refractivity contribution in [3.63, 3.8) is 0 Å². The lowest BCUT2D eigenvalue weighted by Gasteiger charge is -2.25. The molecule has 0 N–H and O–H groups in total. The lowest BCUT2D eigenvalue weighted by Crippen LogP contribution is -2.28. The van der Waals surface area contributed by atoms with Gasteiger partial charge in [0.15, 0.2) is 0 Å². The van der Waals surface area contributed by atoms with Gasteiger partial charge >= 0.3 is 17.9 Å². The molecule has 0 aliphatic carbocycles. The van der Waals surface area contributed by atoms with Crippen molar-refractivity contribution >= 4 is 17.9 Å². The van der Waals surface area contributed by atoms with Gasteiger partial charge in [0, 0.05) is 6.42 Å². The standard InChI is InChI=1S/C57H111NO6/c1-10-13-16-19-22-24-25-27-30-39-49-62-54(60)56(4,5)46-37-31-35-43-52(64-53(59)45-40-48-58(8)9)44-36-32-38-47-57(6,7)55(61)63-50-51(41-33-28-21-18-15-12-3)42-34-29-26-23-20-17-14-11-2/h51-52H,10-50H2,1-9H3. The van der Waals surface area contributed by atoms with Crippen LogP contribution in [0, 0.1) is 16.7 Å². The maximum Gasteiger partial charge on any atom is 0.311 e. The van der Waals surface area contributed by atoms with Gasteiger partial charge in [0.05, 0.1) is 24.0 Å². The molecular weight excluding hydrogens is 795 g/mol. The second-order valence-corrected chi connectivity index (χ2v) is 21.6. The topological polar surface area (TPSA) is 82.1 Å². The molecule has 0 amide bonds. The molecule has 380 valence electrons. The highest BCUT2D eigenvalue weighted by Crippen LogP contribution is 2.29. The molecule has 64 heavy (non-hydrogen) atoms. The van der Waals surface area contributed by atoms with Crippen molar-refractivity contribution in [2.75, 3.05) is 33.9 Å². The molecule has 0 bridgehead atoms. The quantitative estimate of drug-likeness (QED) is 0.0342. The average molecular weight is 907 g/mol. The lowest BCUT2D eigenvalue weighted by atomic mass is 9.86. The van der Waals surface area contributed by atoms with Crippen LogP contribution in [-0.2, 0) is 28.6 Å². The van der Waals surface area contributed by atoms with Crippen molar-refractivity contribution in [3.05, 3.63) is 0 Å². The first-order valence-corrected chi connectivity index (χ1v) is 28.0. The van der Waals surface area contributed by atoms with Crippen molar-refractivity contribution < 1.29 is 28.6 Å². The Balaban J connectivity index is 4.79. The zero-order valence-corrected chi connectivity index (χ0v) is 44.5. The molecule has 0 rings (SSSR count). The van der Waals surface area contributed by atoms with Crippen LogP contribution in [0.4, 0.5) is 0 Å². The molecule has 0 aromatic heterocycles. The van der Waals surface area contributed by atoms with Gasteiger partial charge in [-0.15, -0.1) is 0 Å². The van der Waals surface area contributed by atoms with Crippen molar-refractivity contribution in [1.29, 1.82) is 0 Å². The molecule has 0 aliphatic rings. The largest absolute Gasteiger partial charge is 0.465 e. The lowest BCUT2D eigenvalue weighted by molar-refractivity contribution is -0.156. The summed E-state index contributed by atoms with van der Waals surface area (Å²) in [6.45, 7) is 16.9. The van der Waals surface area contributed by atoms with Gasteiger partial charge in [-0.2, -0.15) is 0 Å². The van der Waals surface area contributed by atoms with E-state index in [0.717, 1.165) is 90.0 Å². The van der Waals surface area contributed by atoms with Gasteiger partial charge in [0.25, 0.3) is 0 Å². The second-order valence-electron chi connectivity index (χ2n) is 21.6. The molecule has 0 aromatic carbocycles. The Morgan fingerprint density at radius 1 is 0.438 bits per heavy atom. The van der Waals surface area contributed by atoms with Crippen LogP contribution in [0.15, 0.2) is 0 Å². The molecule has 0 saturated heterocycles. The summed E-state index contributed by atoms with van der Waals surface area (Å²) in [5.41, 5.74) is -0.992. The Morgan fingerprint density at radius 2 is 0.797 bits per heavy atom. The Kier molecular flexibility index (Phi) is 41.6. The van der Waals surface area contributed by atoms with Crippen molar-refractivity contribution in [2.45, 2.75) is 299 Å². The Hall–Kier alpha value is -1.63. The number of rotatable bonds is 48. The zero-order valence-electron chi connectivity index (χ0n) is 44.5. The van der Waals surface area contributed by atoms with Crippen LogP contribution >= 0.6 is 0 Å². The van der Waals surface area contributed by atoms with Gasteiger partial charge in [-0.1, -0.05) is 194 Å². The number of carbonyl (C=O) groups is 3. The van der Waals surface area contributed by atoms with Gasteiger partial charge in [0.1, 0.15) is 6.10 Å². The number of nitrogens with zero attached hydrogens (tertiary/aromatic N) is 1. The maximum absolute atomic E-state index is 13.4. The minimum absolute atomic E-state index is 0.0496. The number of carbonyl (C=O) groups excluding carboxylic acids is 3. The van der Waals surface area contributed by atoms with E-state index in [9.17, 15) is 14.4 Å². The van der Waals surface area contributed by atoms with E-state index >= 15 is 0 Å². The van der Waals surface area contributed by atoms with Crippen LogP contribution in [0.25, 0.3) is 0 Å². The third-order valence-corrected chi connectivity index (χ3v) is 13.7. The van der Waals surface area contributed by atoms with Crippen LogP contribution < -0.4 is 0 Å². The smallest absolute Gasteiger partial charge is 0.311 e. The first-order chi connectivity index (χ1) is 30.8. The molecule has 0 heterocycles. The monoisotopic (exact) mass is 906 g/mol. The summed E-state index contributed by atoms with van der Waals surface area (Å²) in [4.78, 5) is 41.3. The second kappa shape index (κ2) is 42.7. The van der Waals surface area contributed by atoms with Gasteiger partial charge in [-0.05, 0) is 118 Å². The van der Waals surface area contributed by atoms with E-state index in [1.54, 1.807) is 0 Å². The fourth-order valence-electron chi connectivity index (χ4n) is 8.91. The minimum atomic E-state index is -0.505. The number of ether oxygens (including phenoxy) is 3. The van der Waals surface area contributed by atoms with Gasteiger partial charge in [-0.25, -0.2) is 0 Å². The number of unbranched alkanes of at least 4 members (excludes halogenated alkanes) is 25. The fourth-order valence-corrected chi connectivity index (χ4v) is 8.91. The first-order valence-electron chi connectivity index (χ1n) is 28.0. The van der Waals surface area contributed by atoms with Crippen molar-refractivity contribution in [3.8, 4) is 0 Å². The van der Waals surface area contributed by atoms with Gasteiger partial charge < -0.3 is 19.1 Å². The van der Waals surface area contributed by atoms with Crippen molar-refractivity contribution in [1.82, 2.24) is 4.90 Å². The molecule has 0 aromatic rings. The Morgan fingerprint density at radius 3 is 1.22 bits per heavy atom. The molecule has 0 fully saturated rings. The van der Waals surface area contributed by atoms with Crippen LogP contribution in [0.2, 0.25) is 0 Å². The number of hydrogen-bond acceptors (Lipinski definition) is 7. The van der Waals surface area contributed by atoms with E-state index < -0.39 is 10.8 Å². The van der Waals surface area contributed by atoms with Gasteiger partial charge in [-0.3, -0.25) is 14.4 Å². The summed E-state index contributed by atoms with van der Waals surface area (Å²) in [5, 5.41) is 0. The van der Waals surface area contributed by atoms with E-state index in [1.807, 2.05) is 27.9 Å². The molecule has 7 heteroatoms. The zero-order chi connectivity index (χ0) is 47.6. The van der Waals surface area contributed by atoms with E-state index in [1.165, 1.54) is 154 Å². The normalized spacial score (nSPS) is 13.0. The predicted octanol–water partition coefficient (Wildman–Crippen LogP) is 17.1. The first kappa shape index (κ1) is 62.4. The number of esters is 3. The van der Waals surface area contributed by atoms with E-state index in [4.69, 9.17) is 14.2 Å². The van der Waals surface area contributed by atoms with Gasteiger partial charge in [0.2, 0.25) is 0 Å². The van der Waals surface area contributed by atoms with Crippen LogP contribution in [-0.4, -0.2) is 62.8 Å². The third kappa shape index (κ3) is 38.5. The molecule has 0 spiro atoms. The maximum atomic E-state index is 13.4. The summed E-state index contributed by atoms with van der Waals surface area (Å²) in [5.74, 6) is 0.248. The Labute approximate surface area is 399 Å². The molecule has 0 radical (unpaired) electrons. The van der Waals surface area contributed by atoms with E-state index in [0.29, 0.717) is 25.6 Å². The highest BCUT2D eigenvalue weighted by molar-refractivity contribution is 5.76. The summed E-state index contributed by atoms with van der Waals surface area (Å²) in [6, 6.07) is 0. The van der Waals surface area contributed by atoms with Crippen molar-refractivity contribution in [2.24, 2.45) is 16.7 Å². The highest BCUT2D eigenvalue weighted by atomic mass is 16.5. The van der Waals surface area contributed by atoms with Crippen LogP contribution in [0.1, 0.15) is 292 Å².